The highest BCUT2D eigenvalue weighted by Crippen LogP contribution is 2.22. The third-order valence-electron chi connectivity index (χ3n) is 4.51. The number of rotatable bonds is 5. The van der Waals surface area contributed by atoms with E-state index >= 15 is 0 Å². The first kappa shape index (κ1) is 18.4. The number of benzene rings is 2. The van der Waals surface area contributed by atoms with Gasteiger partial charge in [-0.2, -0.15) is 0 Å². The Labute approximate surface area is 157 Å². The molecule has 0 unspecified atom stereocenters. The predicted octanol–water partition coefficient (Wildman–Crippen LogP) is 2.97. The lowest BCUT2D eigenvalue weighted by Crippen LogP contribution is -2.48. The van der Waals surface area contributed by atoms with Crippen LogP contribution in [-0.4, -0.2) is 49.0 Å². The number of amides is 1. The zero-order valence-corrected chi connectivity index (χ0v) is 15.1. The molecule has 0 saturated carbocycles. The maximum absolute atomic E-state index is 12.4. The fourth-order valence-electron chi connectivity index (χ4n) is 3.01. The summed E-state index contributed by atoms with van der Waals surface area (Å²) in [4.78, 5) is 26.8. The molecule has 0 bridgehead atoms. The van der Waals surface area contributed by atoms with Gasteiger partial charge in [0, 0.05) is 50.1 Å². The van der Waals surface area contributed by atoms with E-state index in [-0.39, 0.29) is 11.6 Å². The lowest BCUT2D eigenvalue weighted by molar-refractivity contribution is -0.384. The molecule has 0 N–H and O–H groups in total. The molecule has 2 aromatic carbocycles. The van der Waals surface area contributed by atoms with Gasteiger partial charge in [0.15, 0.2) is 0 Å². The van der Waals surface area contributed by atoms with Gasteiger partial charge >= 0.3 is 0 Å². The minimum Gasteiger partial charge on any atom is -0.497 e. The number of nitro groups is 1. The number of piperazine rings is 1. The van der Waals surface area contributed by atoms with E-state index in [0.29, 0.717) is 26.2 Å². The highest BCUT2D eigenvalue weighted by molar-refractivity contribution is 5.92. The second-order valence-corrected chi connectivity index (χ2v) is 6.20. The van der Waals surface area contributed by atoms with Gasteiger partial charge < -0.3 is 14.5 Å². The number of nitrogens with zero attached hydrogens (tertiary/aromatic N) is 3. The highest BCUT2D eigenvalue weighted by Gasteiger charge is 2.20. The first-order valence-electron chi connectivity index (χ1n) is 8.67. The molecule has 7 nitrogen and oxygen atoms in total. The molecule has 0 atom stereocenters. The number of non-ortho nitro benzene ring substituents is 1. The van der Waals surface area contributed by atoms with Crippen LogP contribution in [0.5, 0.6) is 5.75 Å². The molecular weight excluding hydrogens is 346 g/mol. The summed E-state index contributed by atoms with van der Waals surface area (Å²) in [7, 11) is 1.61. The van der Waals surface area contributed by atoms with Crippen LogP contribution in [0.4, 0.5) is 11.4 Å². The minimum atomic E-state index is -0.396. The standard InChI is InChI=1S/C20H21N3O4/c1-27-19-7-2-4-16(14-19)8-9-20(24)22-12-10-21(11-13-22)17-5-3-6-18(15-17)23(25)26/h2-9,14-15H,10-13H2,1H3/b9-8+. The lowest BCUT2D eigenvalue weighted by Gasteiger charge is -2.35. The third kappa shape index (κ3) is 4.63. The second kappa shape index (κ2) is 8.35. The van der Waals surface area contributed by atoms with E-state index in [2.05, 4.69) is 4.90 Å². The average molecular weight is 367 g/mol. The van der Waals surface area contributed by atoms with Gasteiger partial charge in [0.05, 0.1) is 12.0 Å². The molecule has 1 saturated heterocycles. The van der Waals surface area contributed by atoms with Gasteiger partial charge in [0.2, 0.25) is 5.91 Å². The molecule has 0 spiro atoms. The molecule has 1 fully saturated rings. The molecule has 0 aromatic heterocycles. The Hall–Kier alpha value is -3.35. The van der Waals surface area contributed by atoms with Crippen LogP contribution in [0.1, 0.15) is 5.56 Å². The predicted molar refractivity (Wildman–Crippen MR) is 104 cm³/mol. The molecule has 1 aliphatic heterocycles. The van der Waals surface area contributed by atoms with Crippen molar-refractivity contribution in [3.8, 4) is 5.75 Å². The summed E-state index contributed by atoms with van der Waals surface area (Å²) in [5.41, 5.74) is 1.79. The van der Waals surface area contributed by atoms with Crippen molar-refractivity contribution in [3.05, 3.63) is 70.3 Å². The summed E-state index contributed by atoms with van der Waals surface area (Å²) in [5.74, 6) is 0.701. The average Bonchev–Trinajstić information content (AvgIpc) is 2.72. The van der Waals surface area contributed by atoms with Crippen LogP contribution in [0.3, 0.4) is 0 Å². The van der Waals surface area contributed by atoms with Crippen molar-refractivity contribution in [3.63, 3.8) is 0 Å². The van der Waals surface area contributed by atoms with Crippen LogP contribution < -0.4 is 9.64 Å². The minimum absolute atomic E-state index is 0.0449. The molecule has 140 valence electrons. The Morgan fingerprint density at radius 1 is 1.11 bits per heavy atom. The maximum atomic E-state index is 12.4. The zero-order chi connectivity index (χ0) is 19.2. The van der Waals surface area contributed by atoms with E-state index in [1.165, 1.54) is 6.07 Å². The number of carbonyl (C=O) groups is 1. The number of ether oxygens (including phenoxy) is 1. The largest absolute Gasteiger partial charge is 0.497 e. The third-order valence-corrected chi connectivity index (χ3v) is 4.51. The number of carbonyl (C=O) groups excluding carboxylic acids is 1. The van der Waals surface area contributed by atoms with Gasteiger partial charge in [-0.05, 0) is 29.8 Å². The van der Waals surface area contributed by atoms with Crippen molar-refractivity contribution in [2.75, 3.05) is 38.2 Å². The highest BCUT2D eigenvalue weighted by atomic mass is 16.6. The van der Waals surface area contributed by atoms with Gasteiger partial charge in [-0.25, -0.2) is 0 Å². The molecule has 0 aliphatic carbocycles. The van der Waals surface area contributed by atoms with E-state index in [1.54, 1.807) is 36.3 Å². The number of anilines is 1. The van der Waals surface area contributed by atoms with Crippen molar-refractivity contribution < 1.29 is 14.5 Å². The number of hydrogen-bond acceptors (Lipinski definition) is 5. The van der Waals surface area contributed by atoms with Crippen molar-refractivity contribution in [2.45, 2.75) is 0 Å². The molecule has 27 heavy (non-hydrogen) atoms. The first-order valence-corrected chi connectivity index (χ1v) is 8.67. The van der Waals surface area contributed by atoms with Gasteiger partial charge in [-0.15, -0.1) is 0 Å². The topological polar surface area (TPSA) is 75.9 Å². The van der Waals surface area contributed by atoms with Crippen LogP contribution in [0.25, 0.3) is 6.08 Å². The molecule has 1 amide bonds. The van der Waals surface area contributed by atoms with E-state index in [4.69, 9.17) is 4.74 Å². The molecule has 1 aliphatic rings. The van der Waals surface area contributed by atoms with Crippen molar-refractivity contribution >= 4 is 23.4 Å². The Morgan fingerprint density at radius 3 is 2.56 bits per heavy atom. The van der Waals surface area contributed by atoms with Gasteiger partial charge in [0.25, 0.3) is 5.69 Å². The van der Waals surface area contributed by atoms with Crippen molar-refractivity contribution in [1.82, 2.24) is 4.90 Å². The summed E-state index contributed by atoms with van der Waals surface area (Å²) in [6.45, 7) is 2.42. The summed E-state index contributed by atoms with van der Waals surface area (Å²) in [6, 6.07) is 14.1. The summed E-state index contributed by atoms with van der Waals surface area (Å²) in [5, 5.41) is 10.9. The molecule has 1 heterocycles. The van der Waals surface area contributed by atoms with Crippen LogP contribution in [-0.2, 0) is 4.79 Å². The van der Waals surface area contributed by atoms with E-state index < -0.39 is 4.92 Å². The quantitative estimate of drug-likeness (QED) is 0.461. The Kier molecular flexibility index (Phi) is 5.71. The van der Waals surface area contributed by atoms with Gasteiger partial charge in [-0.1, -0.05) is 18.2 Å². The van der Waals surface area contributed by atoms with Gasteiger partial charge in [-0.3, -0.25) is 14.9 Å². The van der Waals surface area contributed by atoms with E-state index in [0.717, 1.165) is 17.0 Å². The van der Waals surface area contributed by atoms with E-state index in [9.17, 15) is 14.9 Å². The van der Waals surface area contributed by atoms with Crippen molar-refractivity contribution in [2.24, 2.45) is 0 Å². The zero-order valence-electron chi connectivity index (χ0n) is 15.1. The molecule has 3 rings (SSSR count). The number of nitro benzene ring substituents is 1. The normalized spacial score (nSPS) is 14.4. The van der Waals surface area contributed by atoms with Crippen LogP contribution in [0, 0.1) is 10.1 Å². The monoisotopic (exact) mass is 367 g/mol. The Bertz CT molecular complexity index is 858. The van der Waals surface area contributed by atoms with E-state index in [1.807, 2.05) is 30.3 Å². The number of methoxy groups -OCH3 is 1. The summed E-state index contributed by atoms with van der Waals surface area (Å²) in [6.07, 6.45) is 3.34. The summed E-state index contributed by atoms with van der Waals surface area (Å²) >= 11 is 0. The molecular formula is C20H21N3O4. The fourth-order valence-corrected chi connectivity index (χ4v) is 3.01. The summed E-state index contributed by atoms with van der Waals surface area (Å²) < 4.78 is 5.18. The molecule has 2 aromatic rings. The lowest BCUT2D eigenvalue weighted by atomic mass is 10.2. The van der Waals surface area contributed by atoms with Crippen LogP contribution in [0.2, 0.25) is 0 Å². The second-order valence-electron chi connectivity index (χ2n) is 6.20. The number of hydrogen-bond donors (Lipinski definition) is 0. The van der Waals surface area contributed by atoms with Crippen LogP contribution >= 0.6 is 0 Å². The smallest absolute Gasteiger partial charge is 0.271 e. The Balaban J connectivity index is 1.58. The molecule has 7 heteroatoms. The Morgan fingerprint density at radius 2 is 1.85 bits per heavy atom. The SMILES string of the molecule is COc1cccc(/C=C/C(=O)N2CCN(c3cccc([N+](=O)[O-])c3)CC2)c1. The first-order chi connectivity index (χ1) is 13.1. The fraction of sp³-hybridized carbons (Fsp3) is 0.250. The van der Waals surface area contributed by atoms with Gasteiger partial charge in [0.1, 0.15) is 5.75 Å². The van der Waals surface area contributed by atoms with Crippen molar-refractivity contribution in [1.29, 1.82) is 0 Å². The maximum Gasteiger partial charge on any atom is 0.271 e. The van der Waals surface area contributed by atoms with Crippen LogP contribution in [0.15, 0.2) is 54.6 Å². The molecule has 0 radical (unpaired) electrons.